The molecule has 4 rings (SSSR count). The summed E-state index contributed by atoms with van der Waals surface area (Å²) >= 11 is 1.82. The molecule has 2 aromatic rings. The normalized spacial score (nSPS) is 26.9. The summed E-state index contributed by atoms with van der Waals surface area (Å²) in [6.45, 7) is 7.91. The molecule has 0 aliphatic carbocycles. The number of hydrogen-bond acceptors (Lipinski definition) is 7. The van der Waals surface area contributed by atoms with Crippen LogP contribution in [0.2, 0.25) is 0 Å². The van der Waals surface area contributed by atoms with Gasteiger partial charge in [-0.25, -0.2) is 0 Å². The van der Waals surface area contributed by atoms with Crippen molar-refractivity contribution in [1.29, 1.82) is 0 Å². The van der Waals surface area contributed by atoms with Gasteiger partial charge < -0.3 is 14.8 Å². The fraction of sp³-hybridized carbons (Fsp3) is 0.579. The smallest absolute Gasteiger partial charge is 0.148 e. The Labute approximate surface area is 158 Å². The predicted molar refractivity (Wildman–Crippen MR) is 102 cm³/mol. The van der Waals surface area contributed by atoms with E-state index in [2.05, 4.69) is 37.9 Å². The largest absolute Gasteiger partial charge is 0.377 e. The first-order valence-corrected chi connectivity index (χ1v) is 10.1. The van der Waals surface area contributed by atoms with E-state index in [1.54, 1.807) is 0 Å². The van der Waals surface area contributed by atoms with Crippen LogP contribution in [0.4, 0.5) is 5.82 Å². The van der Waals surface area contributed by atoms with E-state index in [1.807, 2.05) is 30.4 Å². The minimum atomic E-state index is -0.181. The SMILES string of the molecule is Cc1ccc(NC[C@@H]2CO[C@]3(COCCN(Cc4cccs4)C3)C2)nn1. The van der Waals surface area contributed by atoms with E-state index in [1.165, 1.54) is 4.88 Å². The standard InChI is InChI=1S/C19H26N4O2S/c1-15-4-5-18(22-21-15)20-10-16-9-19(25-12-16)13-23(6-7-24-14-19)11-17-3-2-8-26-17/h2-5,8,16H,6-7,9-14H2,1H3,(H,20,22)/t16-,19-/m1/s1. The second kappa shape index (κ2) is 8.00. The summed E-state index contributed by atoms with van der Waals surface area (Å²) in [7, 11) is 0. The lowest BCUT2D eigenvalue weighted by atomic mass is 9.94. The van der Waals surface area contributed by atoms with Crippen LogP contribution in [0.15, 0.2) is 29.6 Å². The van der Waals surface area contributed by atoms with Gasteiger partial charge in [-0.1, -0.05) is 6.07 Å². The third kappa shape index (κ3) is 4.40. The average molecular weight is 375 g/mol. The molecule has 4 heterocycles. The first kappa shape index (κ1) is 17.9. The van der Waals surface area contributed by atoms with Crippen LogP contribution in [0.25, 0.3) is 0 Å². The van der Waals surface area contributed by atoms with Crippen LogP contribution in [-0.4, -0.2) is 60.2 Å². The van der Waals surface area contributed by atoms with Gasteiger partial charge in [-0.15, -0.1) is 16.4 Å². The Kier molecular flexibility index (Phi) is 5.49. The van der Waals surface area contributed by atoms with Gasteiger partial charge in [-0.2, -0.15) is 5.10 Å². The van der Waals surface area contributed by atoms with Crippen LogP contribution in [0.1, 0.15) is 17.0 Å². The summed E-state index contributed by atoms with van der Waals surface area (Å²) in [6.07, 6.45) is 1.01. The second-order valence-corrected chi connectivity index (χ2v) is 8.38. The number of thiophene rings is 1. The number of aryl methyl sites for hydroxylation is 1. The van der Waals surface area contributed by atoms with Crippen molar-refractivity contribution in [3.63, 3.8) is 0 Å². The molecule has 2 fully saturated rings. The number of nitrogens with zero attached hydrogens (tertiary/aromatic N) is 3. The minimum absolute atomic E-state index is 0.181. The van der Waals surface area contributed by atoms with Gasteiger partial charge in [0.2, 0.25) is 0 Å². The molecule has 0 saturated carbocycles. The molecule has 26 heavy (non-hydrogen) atoms. The number of nitrogens with one attached hydrogen (secondary N) is 1. The van der Waals surface area contributed by atoms with E-state index in [4.69, 9.17) is 9.47 Å². The summed E-state index contributed by atoms with van der Waals surface area (Å²) in [4.78, 5) is 3.87. The topological polar surface area (TPSA) is 59.5 Å². The molecule has 2 aromatic heterocycles. The lowest BCUT2D eigenvalue weighted by Gasteiger charge is -2.31. The Morgan fingerprint density at radius 2 is 2.31 bits per heavy atom. The molecule has 2 saturated heterocycles. The Balaban J connectivity index is 1.33. The lowest BCUT2D eigenvalue weighted by Crippen LogP contribution is -2.43. The molecule has 0 aromatic carbocycles. The highest BCUT2D eigenvalue weighted by Gasteiger charge is 2.43. The van der Waals surface area contributed by atoms with Crippen molar-refractivity contribution in [2.75, 3.05) is 44.8 Å². The van der Waals surface area contributed by atoms with Crippen LogP contribution >= 0.6 is 11.3 Å². The van der Waals surface area contributed by atoms with Gasteiger partial charge in [0.05, 0.1) is 25.5 Å². The summed E-state index contributed by atoms with van der Waals surface area (Å²) in [6, 6.07) is 8.27. The number of hydrogen-bond donors (Lipinski definition) is 1. The van der Waals surface area contributed by atoms with Crippen molar-refractivity contribution >= 4 is 17.2 Å². The Bertz CT molecular complexity index is 694. The third-order valence-electron chi connectivity index (χ3n) is 5.04. The van der Waals surface area contributed by atoms with E-state index in [0.717, 1.165) is 57.3 Å². The van der Waals surface area contributed by atoms with E-state index < -0.39 is 0 Å². The van der Waals surface area contributed by atoms with E-state index >= 15 is 0 Å². The fourth-order valence-corrected chi connectivity index (χ4v) is 4.51. The maximum Gasteiger partial charge on any atom is 0.148 e. The Hall–Kier alpha value is -1.54. The highest BCUT2D eigenvalue weighted by molar-refractivity contribution is 7.09. The molecule has 2 atom stereocenters. The fourth-order valence-electron chi connectivity index (χ4n) is 3.76. The summed E-state index contributed by atoms with van der Waals surface area (Å²) in [5, 5.41) is 13.8. The highest BCUT2D eigenvalue weighted by Crippen LogP contribution is 2.33. The molecule has 0 radical (unpaired) electrons. The van der Waals surface area contributed by atoms with Crippen LogP contribution in [-0.2, 0) is 16.0 Å². The number of ether oxygens (including phenoxy) is 2. The maximum absolute atomic E-state index is 6.29. The van der Waals surface area contributed by atoms with Crippen molar-refractivity contribution in [2.45, 2.75) is 25.5 Å². The minimum Gasteiger partial charge on any atom is -0.377 e. The summed E-state index contributed by atoms with van der Waals surface area (Å²) in [5.41, 5.74) is 0.749. The molecular weight excluding hydrogens is 348 g/mol. The molecular formula is C19H26N4O2S. The molecule has 0 unspecified atom stereocenters. The number of aromatic nitrogens is 2. The van der Waals surface area contributed by atoms with Gasteiger partial charge in [-0.3, -0.25) is 4.90 Å². The van der Waals surface area contributed by atoms with E-state index in [-0.39, 0.29) is 5.60 Å². The van der Waals surface area contributed by atoms with Crippen LogP contribution in [0.5, 0.6) is 0 Å². The van der Waals surface area contributed by atoms with E-state index in [0.29, 0.717) is 12.5 Å². The zero-order valence-corrected chi connectivity index (χ0v) is 16.0. The molecule has 140 valence electrons. The molecule has 6 nitrogen and oxygen atoms in total. The summed E-state index contributed by atoms with van der Waals surface area (Å²) < 4.78 is 12.2. The van der Waals surface area contributed by atoms with E-state index in [9.17, 15) is 0 Å². The highest BCUT2D eigenvalue weighted by atomic mass is 32.1. The van der Waals surface area contributed by atoms with Gasteiger partial charge >= 0.3 is 0 Å². The van der Waals surface area contributed by atoms with Crippen molar-refractivity contribution in [3.8, 4) is 0 Å². The third-order valence-corrected chi connectivity index (χ3v) is 5.91. The molecule has 1 N–H and O–H groups in total. The van der Waals surface area contributed by atoms with Gasteiger partial charge in [0.25, 0.3) is 0 Å². The van der Waals surface area contributed by atoms with Crippen molar-refractivity contribution in [3.05, 3.63) is 40.2 Å². The monoisotopic (exact) mass is 374 g/mol. The molecule has 2 aliphatic rings. The average Bonchev–Trinajstić information content (AvgIpc) is 3.24. The molecule has 0 amide bonds. The molecule has 0 bridgehead atoms. The van der Waals surface area contributed by atoms with Gasteiger partial charge in [0, 0.05) is 37.0 Å². The Morgan fingerprint density at radius 3 is 3.12 bits per heavy atom. The second-order valence-electron chi connectivity index (χ2n) is 7.35. The van der Waals surface area contributed by atoms with Crippen LogP contribution < -0.4 is 5.32 Å². The van der Waals surface area contributed by atoms with Crippen LogP contribution in [0, 0.1) is 12.8 Å². The zero-order chi connectivity index (χ0) is 17.8. The van der Waals surface area contributed by atoms with Gasteiger partial charge in [0.15, 0.2) is 0 Å². The first-order valence-electron chi connectivity index (χ1n) is 9.21. The quantitative estimate of drug-likeness (QED) is 0.868. The van der Waals surface area contributed by atoms with Gasteiger partial charge in [0.1, 0.15) is 11.4 Å². The lowest BCUT2D eigenvalue weighted by molar-refractivity contribution is -0.0561. The maximum atomic E-state index is 6.29. The van der Waals surface area contributed by atoms with Crippen molar-refractivity contribution in [1.82, 2.24) is 15.1 Å². The Morgan fingerprint density at radius 1 is 1.35 bits per heavy atom. The van der Waals surface area contributed by atoms with Crippen molar-refractivity contribution < 1.29 is 9.47 Å². The zero-order valence-electron chi connectivity index (χ0n) is 15.2. The van der Waals surface area contributed by atoms with Crippen LogP contribution in [0.3, 0.4) is 0 Å². The molecule has 1 spiro atoms. The van der Waals surface area contributed by atoms with Crippen molar-refractivity contribution in [2.24, 2.45) is 5.92 Å². The van der Waals surface area contributed by atoms with Gasteiger partial charge in [-0.05, 0) is 36.9 Å². The summed E-state index contributed by atoms with van der Waals surface area (Å²) in [5.74, 6) is 1.29. The first-order chi connectivity index (χ1) is 12.7. The molecule has 7 heteroatoms. The number of rotatable bonds is 5. The number of anilines is 1. The predicted octanol–water partition coefficient (Wildman–Crippen LogP) is 2.57. The molecule has 2 aliphatic heterocycles.